The van der Waals surface area contributed by atoms with Crippen molar-refractivity contribution < 1.29 is 19.1 Å². The van der Waals surface area contributed by atoms with Crippen molar-refractivity contribution in [1.82, 2.24) is 0 Å². The van der Waals surface area contributed by atoms with Crippen LogP contribution in [0.15, 0.2) is 42.5 Å². The molecule has 0 spiro atoms. The number of benzene rings is 2. The van der Waals surface area contributed by atoms with Crippen molar-refractivity contribution in [1.29, 1.82) is 0 Å². The van der Waals surface area contributed by atoms with Crippen LogP contribution in [0.3, 0.4) is 0 Å². The van der Waals surface area contributed by atoms with E-state index in [1.54, 1.807) is 30.1 Å². The Kier molecular flexibility index (Phi) is 3.37. The molecule has 2 aliphatic rings. The van der Waals surface area contributed by atoms with E-state index in [0.717, 1.165) is 11.3 Å². The molecular formula is C18H16N2O4. The Hall–Kier alpha value is -3.02. The quantitative estimate of drug-likeness (QED) is 0.921. The van der Waals surface area contributed by atoms with Crippen molar-refractivity contribution in [2.75, 3.05) is 24.1 Å². The molecule has 2 aliphatic heterocycles. The highest BCUT2D eigenvalue weighted by molar-refractivity contribution is 6.06. The number of hydrogen-bond donors (Lipinski definition) is 1. The Bertz CT molecular complexity index is 834. The third-order valence-corrected chi connectivity index (χ3v) is 4.38. The van der Waals surface area contributed by atoms with Gasteiger partial charge in [0.1, 0.15) is 0 Å². The smallest absolute Gasteiger partial charge is 0.232 e. The summed E-state index contributed by atoms with van der Waals surface area (Å²) >= 11 is 0. The second-order valence-electron chi connectivity index (χ2n) is 5.83. The van der Waals surface area contributed by atoms with Gasteiger partial charge in [-0.15, -0.1) is 0 Å². The fourth-order valence-electron chi connectivity index (χ4n) is 3.08. The Morgan fingerprint density at radius 3 is 2.83 bits per heavy atom. The molecule has 2 amide bonds. The van der Waals surface area contributed by atoms with Crippen LogP contribution in [-0.4, -0.2) is 25.7 Å². The first-order valence-electron chi connectivity index (χ1n) is 7.69. The molecule has 1 N–H and O–H groups in total. The highest BCUT2D eigenvalue weighted by Gasteiger charge is 2.33. The summed E-state index contributed by atoms with van der Waals surface area (Å²) in [6.45, 7) is 0.184. The summed E-state index contributed by atoms with van der Waals surface area (Å²) in [5.74, 6) is 0.484. The first-order valence-corrected chi connectivity index (χ1v) is 7.69. The van der Waals surface area contributed by atoms with Crippen LogP contribution >= 0.6 is 0 Å². The Morgan fingerprint density at radius 1 is 1.17 bits per heavy atom. The van der Waals surface area contributed by atoms with E-state index in [0.29, 0.717) is 17.2 Å². The van der Waals surface area contributed by atoms with Gasteiger partial charge in [0, 0.05) is 30.9 Å². The van der Waals surface area contributed by atoms with Gasteiger partial charge in [-0.1, -0.05) is 18.2 Å². The lowest BCUT2D eigenvalue weighted by atomic mass is 9.89. The number of fused-ring (bicyclic) bond motifs is 2. The normalized spacial score (nSPS) is 18.3. The molecule has 0 aromatic heterocycles. The number of amides is 2. The highest BCUT2D eigenvalue weighted by atomic mass is 16.7. The molecule has 6 nitrogen and oxygen atoms in total. The fraction of sp³-hybridized carbons (Fsp3) is 0.222. The molecule has 0 radical (unpaired) electrons. The number of carbonyl (C=O) groups excluding carboxylic acids is 2. The summed E-state index contributed by atoms with van der Waals surface area (Å²) in [5.41, 5.74) is 2.26. The van der Waals surface area contributed by atoms with Crippen molar-refractivity contribution in [2.45, 2.75) is 12.3 Å². The first-order chi connectivity index (χ1) is 11.6. The number of hydrogen-bond acceptors (Lipinski definition) is 4. The van der Waals surface area contributed by atoms with E-state index in [1.165, 1.54) is 0 Å². The van der Waals surface area contributed by atoms with Crippen molar-refractivity contribution in [3.05, 3.63) is 48.0 Å². The van der Waals surface area contributed by atoms with Crippen LogP contribution in [0.5, 0.6) is 11.5 Å². The molecule has 2 aromatic rings. The summed E-state index contributed by atoms with van der Waals surface area (Å²) in [6.07, 6.45) is 0.157. The minimum Gasteiger partial charge on any atom is -0.454 e. The van der Waals surface area contributed by atoms with E-state index in [9.17, 15) is 9.59 Å². The summed E-state index contributed by atoms with van der Waals surface area (Å²) in [4.78, 5) is 26.5. The molecule has 0 bridgehead atoms. The van der Waals surface area contributed by atoms with Gasteiger partial charge in [0.2, 0.25) is 18.6 Å². The fourth-order valence-corrected chi connectivity index (χ4v) is 3.08. The van der Waals surface area contributed by atoms with Gasteiger partial charge in [-0.25, -0.2) is 0 Å². The molecule has 2 aromatic carbocycles. The predicted octanol–water partition coefficient (Wildman–Crippen LogP) is 2.50. The van der Waals surface area contributed by atoms with Crippen LogP contribution in [0.2, 0.25) is 0 Å². The largest absolute Gasteiger partial charge is 0.454 e. The van der Waals surface area contributed by atoms with E-state index in [2.05, 4.69) is 5.32 Å². The van der Waals surface area contributed by atoms with Gasteiger partial charge in [0.25, 0.3) is 0 Å². The summed E-state index contributed by atoms with van der Waals surface area (Å²) in [7, 11) is 1.73. The molecule has 24 heavy (non-hydrogen) atoms. The van der Waals surface area contributed by atoms with Gasteiger partial charge in [0.15, 0.2) is 11.5 Å². The molecular weight excluding hydrogens is 308 g/mol. The van der Waals surface area contributed by atoms with Crippen molar-refractivity contribution in [3.63, 3.8) is 0 Å². The standard InChI is InChI=1S/C18H16N2O4/c1-20-14-5-3-2-4-12(14)13(9-17(20)21)18(22)19-11-6-7-15-16(8-11)24-10-23-15/h2-8,13H,9-10H2,1H3,(H,19,22). The molecule has 0 saturated heterocycles. The number of rotatable bonds is 2. The Morgan fingerprint density at radius 2 is 1.96 bits per heavy atom. The minimum atomic E-state index is -0.504. The first kappa shape index (κ1) is 14.6. The van der Waals surface area contributed by atoms with Gasteiger partial charge in [-0.3, -0.25) is 9.59 Å². The summed E-state index contributed by atoms with van der Waals surface area (Å²) in [6, 6.07) is 12.7. The van der Waals surface area contributed by atoms with E-state index in [4.69, 9.17) is 9.47 Å². The van der Waals surface area contributed by atoms with Crippen molar-refractivity contribution in [2.24, 2.45) is 0 Å². The average molecular weight is 324 g/mol. The van der Waals surface area contributed by atoms with Gasteiger partial charge in [-0.2, -0.15) is 0 Å². The third-order valence-electron chi connectivity index (χ3n) is 4.38. The third kappa shape index (κ3) is 2.36. The summed E-state index contributed by atoms with van der Waals surface area (Å²) in [5, 5.41) is 2.87. The molecule has 1 unspecified atom stereocenters. The maximum absolute atomic E-state index is 12.7. The lowest BCUT2D eigenvalue weighted by Crippen LogP contribution is -2.37. The Labute approximate surface area is 139 Å². The zero-order valence-electron chi connectivity index (χ0n) is 13.1. The van der Waals surface area contributed by atoms with Crippen LogP contribution < -0.4 is 19.7 Å². The van der Waals surface area contributed by atoms with Crippen LogP contribution in [-0.2, 0) is 9.59 Å². The number of para-hydroxylation sites is 1. The zero-order valence-corrected chi connectivity index (χ0v) is 13.1. The van der Waals surface area contributed by atoms with E-state index < -0.39 is 5.92 Å². The van der Waals surface area contributed by atoms with Crippen LogP contribution in [0.1, 0.15) is 17.9 Å². The maximum atomic E-state index is 12.7. The van der Waals surface area contributed by atoms with Crippen LogP contribution in [0.25, 0.3) is 0 Å². The average Bonchev–Trinajstić information content (AvgIpc) is 3.06. The van der Waals surface area contributed by atoms with E-state index >= 15 is 0 Å². The van der Waals surface area contributed by atoms with Crippen LogP contribution in [0, 0.1) is 0 Å². The highest BCUT2D eigenvalue weighted by Crippen LogP contribution is 2.37. The molecule has 4 rings (SSSR count). The van der Waals surface area contributed by atoms with Gasteiger partial charge in [-0.05, 0) is 23.8 Å². The lowest BCUT2D eigenvalue weighted by molar-refractivity contribution is -0.124. The Balaban J connectivity index is 1.60. The lowest BCUT2D eigenvalue weighted by Gasteiger charge is -2.30. The predicted molar refractivity (Wildman–Crippen MR) is 88.4 cm³/mol. The molecule has 1 atom stereocenters. The minimum absolute atomic E-state index is 0.0699. The topological polar surface area (TPSA) is 67.9 Å². The number of nitrogens with zero attached hydrogens (tertiary/aromatic N) is 1. The maximum Gasteiger partial charge on any atom is 0.232 e. The van der Waals surface area contributed by atoms with Gasteiger partial charge >= 0.3 is 0 Å². The molecule has 122 valence electrons. The second-order valence-corrected chi connectivity index (χ2v) is 5.83. The molecule has 2 heterocycles. The van der Waals surface area contributed by atoms with Gasteiger partial charge in [0.05, 0.1) is 5.92 Å². The van der Waals surface area contributed by atoms with Crippen molar-refractivity contribution >= 4 is 23.2 Å². The number of ether oxygens (including phenoxy) is 2. The molecule has 0 aliphatic carbocycles. The number of nitrogens with one attached hydrogen (secondary N) is 1. The molecule has 6 heteroatoms. The summed E-state index contributed by atoms with van der Waals surface area (Å²) < 4.78 is 10.6. The number of anilines is 2. The van der Waals surface area contributed by atoms with Crippen LogP contribution in [0.4, 0.5) is 11.4 Å². The number of carbonyl (C=O) groups is 2. The second kappa shape index (κ2) is 5.56. The zero-order chi connectivity index (χ0) is 16.7. The van der Waals surface area contributed by atoms with E-state index in [-0.39, 0.29) is 25.0 Å². The molecule has 0 saturated carbocycles. The van der Waals surface area contributed by atoms with Crippen molar-refractivity contribution in [3.8, 4) is 11.5 Å². The van der Waals surface area contributed by atoms with E-state index in [1.807, 2.05) is 24.3 Å². The monoisotopic (exact) mass is 324 g/mol. The molecule has 0 fully saturated rings. The SMILES string of the molecule is CN1C(=O)CC(C(=O)Nc2ccc3c(c2)OCO3)c2ccccc21. The van der Waals surface area contributed by atoms with Gasteiger partial charge < -0.3 is 19.7 Å².